The molecule has 0 saturated carbocycles. The van der Waals surface area contributed by atoms with Gasteiger partial charge in [-0.2, -0.15) is 5.10 Å². The molecule has 2 aromatic heterocycles. The number of aliphatic hydroxyl groups is 1. The van der Waals surface area contributed by atoms with Crippen LogP contribution >= 0.6 is 11.3 Å². The standard InChI is InChI=1S/C12H18N4O2S/c1-15(2)4-5-16-11(10(18-3)6-14-16)12(17)9-7-19-8-13-9/h6-8,12,17H,4-5H2,1-3H3. The fourth-order valence-electron chi connectivity index (χ4n) is 1.78. The normalized spacial score (nSPS) is 12.9. The van der Waals surface area contributed by atoms with E-state index in [-0.39, 0.29) is 0 Å². The Kier molecular flexibility index (Phi) is 4.52. The van der Waals surface area contributed by atoms with E-state index >= 15 is 0 Å². The van der Waals surface area contributed by atoms with Crippen LogP contribution < -0.4 is 4.74 Å². The Bertz CT molecular complexity index is 510. The third kappa shape index (κ3) is 3.12. The summed E-state index contributed by atoms with van der Waals surface area (Å²) in [6, 6.07) is 0. The van der Waals surface area contributed by atoms with Crippen LogP contribution in [0.3, 0.4) is 0 Å². The minimum absolute atomic E-state index is 0.583. The van der Waals surface area contributed by atoms with Gasteiger partial charge in [0.15, 0.2) is 5.75 Å². The second kappa shape index (κ2) is 6.14. The zero-order valence-corrected chi connectivity index (χ0v) is 12.1. The van der Waals surface area contributed by atoms with Gasteiger partial charge in [-0.25, -0.2) is 4.98 Å². The number of rotatable bonds is 6. The van der Waals surface area contributed by atoms with Crippen molar-refractivity contribution in [1.82, 2.24) is 19.7 Å². The van der Waals surface area contributed by atoms with Gasteiger partial charge in [-0.05, 0) is 14.1 Å². The predicted octanol–water partition coefficient (Wildman–Crippen LogP) is 0.991. The maximum atomic E-state index is 10.4. The van der Waals surface area contributed by atoms with Crippen molar-refractivity contribution in [3.05, 3.63) is 28.5 Å². The fourth-order valence-corrected chi connectivity index (χ4v) is 2.35. The Morgan fingerprint density at radius 1 is 1.53 bits per heavy atom. The number of hydrogen-bond acceptors (Lipinski definition) is 6. The second-order valence-corrected chi connectivity index (χ2v) is 5.16. The molecule has 6 nitrogen and oxygen atoms in total. The first-order chi connectivity index (χ1) is 9.13. The summed E-state index contributed by atoms with van der Waals surface area (Å²) in [7, 11) is 5.57. The number of methoxy groups -OCH3 is 1. The first-order valence-electron chi connectivity index (χ1n) is 5.94. The molecule has 7 heteroatoms. The molecule has 2 rings (SSSR count). The van der Waals surface area contributed by atoms with E-state index in [0.29, 0.717) is 23.7 Å². The molecule has 1 atom stereocenters. The lowest BCUT2D eigenvalue weighted by atomic mass is 10.2. The highest BCUT2D eigenvalue weighted by Gasteiger charge is 2.22. The lowest BCUT2D eigenvalue weighted by Gasteiger charge is -2.15. The monoisotopic (exact) mass is 282 g/mol. The highest BCUT2D eigenvalue weighted by molar-refractivity contribution is 7.07. The van der Waals surface area contributed by atoms with Gasteiger partial charge in [0.1, 0.15) is 11.8 Å². The van der Waals surface area contributed by atoms with Crippen LogP contribution in [0.15, 0.2) is 17.1 Å². The number of nitrogens with zero attached hydrogens (tertiary/aromatic N) is 4. The van der Waals surface area contributed by atoms with Crippen molar-refractivity contribution in [1.29, 1.82) is 0 Å². The van der Waals surface area contributed by atoms with Crippen LogP contribution in [0.2, 0.25) is 0 Å². The lowest BCUT2D eigenvalue weighted by molar-refractivity contribution is 0.196. The average Bonchev–Trinajstić information content (AvgIpc) is 3.04. The first-order valence-corrected chi connectivity index (χ1v) is 6.88. The number of likely N-dealkylation sites (N-methyl/N-ethyl adjacent to an activating group) is 1. The second-order valence-electron chi connectivity index (χ2n) is 4.44. The van der Waals surface area contributed by atoms with Crippen molar-refractivity contribution in [3.8, 4) is 5.75 Å². The number of thiazole rings is 1. The van der Waals surface area contributed by atoms with Crippen molar-refractivity contribution in [2.24, 2.45) is 0 Å². The molecule has 0 bridgehead atoms. The predicted molar refractivity (Wildman–Crippen MR) is 73.5 cm³/mol. The highest BCUT2D eigenvalue weighted by atomic mass is 32.1. The fraction of sp³-hybridized carbons (Fsp3) is 0.500. The van der Waals surface area contributed by atoms with Gasteiger partial charge in [0.05, 0.1) is 31.1 Å². The lowest BCUT2D eigenvalue weighted by Crippen LogP contribution is -2.21. The maximum absolute atomic E-state index is 10.4. The molecule has 0 aliphatic heterocycles. The summed E-state index contributed by atoms with van der Waals surface area (Å²) in [4.78, 5) is 6.21. The zero-order valence-electron chi connectivity index (χ0n) is 11.3. The van der Waals surface area contributed by atoms with E-state index in [0.717, 1.165) is 6.54 Å². The Labute approximate surface area is 116 Å². The summed E-state index contributed by atoms with van der Waals surface area (Å²) >= 11 is 1.45. The molecule has 19 heavy (non-hydrogen) atoms. The van der Waals surface area contributed by atoms with Gasteiger partial charge < -0.3 is 14.7 Å². The largest absolute Gasteiger partial charge is 0.493 e. The highest BCUT2D eigenvalue weighted by Crippen LogP contribution is 2.29. The smallest absolute Gasteiger partial charge is 0.163 e. The SMILES string of the molecule is COc1cnn(CCN(C)C)c1C(O)c1cscn1. The molecular weight excluding hydrogens is 264 g/mol. The summed E-state index contributed by atoms with van der Waals surface area (Å²) in [6.45, 7) is 1.52. The summed E-state index contributed by atoms with van der Waals surface area (Å²) in [6.07, 6.45) is 0.812. The molecule has 0 aliphatic rings. The molecule has 0 amide bonds. The Hall–Kier alpha value is -1.44. The third-order valence-corrected chi connectivity index (χ3v) is 3.42. The maximum Gasteiger partial charge on any atom is 0.163 e. The van der Waals surface area contributed by atoms with E-state index in [4.69, 9.17) is 4.74 Å². The van der Waals surface area contributed by atoms with Crippen LogP contribution in [-0.2, 0) is 6.54 Å². The molecule has 0 fully saturated rings. The molecule has 0 aliphatic carbocycles. The van der Waals surface area contributed by atoms with Gasteiger partial charge in [0.2, 0.25) is 0 Å². The molecule has 1 unspecified atom stereocenters. The van der Waals surface area contributed by atoms with Gasteiger partial charge in [0, 0.05) is 11.9 Å². The third-order valence-electron chi connectivity index (χ3n) is 2.81. The molecule has 0 spiro atoms. The van der Waals surface area contributed by atoms with Gasteiger partial charge in [-0.3, -0.25) is 4.68 Å². The Morgan fingerprint density at radius 3 is 2.89 bits per heavy atom. The van der Waals surface area contributed by atoms with E-state index < -0.39 is 6.10 Å². The van der Waals surface area contributed by atoms with Gasteiger partial charge in [-0.1, -0.05) is 0 Å². The van der Waals surface area contributed by atoms with E-state index in [2.05, 4.69) is 15.0 Å². The van der Waals surface area contributed by atoms with Crippen LogP contribution in [0.1, 0.15) is 17.5 Å². The van der Waals surface area contributed by atoms with E-state index in [1.54, 1.807) is 23.5 Å². The van der Waals surface area contributed by atoms with E-state index in [9.17, 15) is 5.11 Å². The van der Waals surface area contributed by atoms with Crippen LogP contribution in [0.4, 0.5) is 0 Å². The van der Waals surface area contributed by atoms with Crippen molar-refractivity contribution in [2.75, 3.05) is 27.7 Å². The minimum Gasteiger partial charge on any atom is -0.493 e. The molecule has 0 radical (unpaired) electrons. The number of aromatic nitrogens is 3. The molecule has 2 aromatic rings. The quantitative estimate of drug-likeness (QED) is 0.856. The topological polar surface area (TPSA) is 63.4 Å². The first kappa shape index (κ1) is 14.0. The van der Waals surface area contributed by atoms with E-state index in [1.807, 2.05) is 19.5 Å². The summed E-state index contributed by atoms with van der Waals surface area (Å²) in [5, 5.41) is 16.5. The zero-order chi connectivity index (χ0) is 13.8. The summed E-state index contributed by atoms with van der Waals surface area (Å²) in [5.74, 6) is 0.583. The van der Waals surface area contributed by atoms with E-state index in [1.165, 1.54) is 11.3 Å². The van der Waals surface area contributed by atoms with Crippen molar-refractivity contribution < 1.29 is 9.84 Å². The van der Waals surface area contributed by atoms with Gasteiger partial charge >= 0.3 is 0 Å². The molecule has 2 heterocycles. The summed E-state index contributed by atoms with van der Waals surface area (Å²) < 4.78 is 7.04. The number of aliphatic hydroxyl groups excluding tert-OH is 1. The van der Waals surface area contributed by atoms with Gasteiger partial charge in [0.25, 0.3) is 0 Å². The average molecular weight is 282 g/mol. The van der Waals surface area contributed by atoms with Crippen LogP contribution in [-0.4, -0.2) is 52.5 Å². The minimum atomic E-state index is -0.814. The van der Waals surface area contributed by atoms with Crippen LogP contribution in [0, 0.1) is 0 Å². The Morgan fingerprint density at radius 2 is 2.32 bits per heavy atom. The summed E-state index contributed by atoms with van der Waals surface area (Å²) in [5.41, 5.74) is 2.97. The number of hydrogen-bond donors (Lipinski definition) is 1. The van der Waals surface area contributed by atoms with Crippen molar-refractivity contribution >= 4 is 11.3 Å². The molecular formula is C12H18N4O2S. The van der Waals surface area contributed by atoms with Crippen molar-refractivity contribution in [3.63, 3.8) is 0 Å². The van der Waals surface area contributed by atoms with Crippen LogP contribution in [0.25, 0.3) is 0 Å². The molecule has 0 saturated heterocycles. The number of ether oxygens (including phenoxy) is 1. The van der Waals surface area contributed by atoms with Crippen LogP contribution in [0.5, 0.6) is 5.75 Å². The molecule has 104 valence electrons. The van der Waals surface area contributed by atoms with Crippen molar-refractivity contribution in [2.45, 2.75) is 12.6 Å². The van der Waals surface area contributed by atoms with Gasteiger partial charge in [-0.15, -0.1) is 11.3 Å². The molecule has 1 N–H and O–H groups in total. The molecule has 0 aromatic carbocycles. The Balaban J connectivity index is 2.28.